The van der Waals surface area contributed by atoms with E-state index in [1.165, 1.54) is 30.0 Å². The first-order valence-electron chi connectivity index (χ1n) is 8.76. The summed E-state index contributed by atoms with van der Waals surface area (Å²) in [5.41, 5.74) is 0.377. The third-order valence-corrected chi connectivity index (χ3v) is 7.25. The quantitative estimate of drug-likeness (QED) is 0.542. The lowest BCUT2D eigenvalue weighted by molar-refractivity contribution is -0.115. The van der Waals surface area contributed by atoms with Gasteiger partial charge in [0.05, 0.1) is 16.8 Å². The van der Waals surface area contributed by atoms with Crippen molar-refractivity contribution in [1.82, 2.24) is 14.8 Å². The minimum Gasteiger partial charge on any atom is -0.325 e. The molecule has 1 aliphatic rings. The molecule has 28 heavy (non-hydrogen) atoms. The molecular formula is C18H21FN4O3S2. The van der Waals surface area contributed by atoms with Crippen LogP contribution in [-0.2, 0) is 21.2 Å². The summed E-state index contributed by atoms with van der Waals surface area (Å²) in [5.74, 6) is -0.131. The maximum atomic E-state index is 13.3. The van der Waals surface area contributed by atoms with E-state index in [4.69, 9.17) is 0 Å². The number of aromatic nitrogens is 3. The highest BCUT2D eigenvalue weighted by Crippen LogP contribution is 2.31. The third kappa shape index (κ3) is 4.79. The van der Waals surface area contributed by atoms with Crippen molar-refractivity contribution >= 4 is 33.2 Å². The van der Waals surface area contributed by atoms with Gasteiger partial charge in [-0.3, -0.25) is 4.79 Å². The second kappa shape index (κ2) is 8.44. The van der Waals surface area contributed by atoms with Crippen molar-refractivity contribution < 1.29 is 17.6 Å². The maximum Gasteiger partial charge on any atom is 0.237 e. The number of carbonyl (C=O) groups excluding carboxylic acids is 1. The van der Waals surface area contributed by atoms with Crippen molar-refractivity contribution in [2.45, 2.75) is 36.2 Å². The van der Waals surface area contributed by atoms with E-state index in [1.54, 1.807) is 23.6 Å². The Morgan fingerprint density at radius 1 is 1.50 bits per heavy atom. The number of allylic oxidation sites excluding steroid dienone is 1. The van der Waals surface area contributed by atoms with Crippen LogP contribution in [0.1, 0.15) is 25.1 Å². The number of amides is 1. The maximum absolute atomic E-state index is 13.3. The summed E-state index contributed by atoms with van der Waals surface area (Å²) in [7, 11) is -3.05. The number of thioether (sulfide) groups is 1. The SMILES string of the molecule is C=CCn1c(SC(C)C(=O)Nc2cccc(F)c2)nnc1C1CCS(=O)(=O)C1. The molecule has 1 saturated heterocycles. The topological polar surface area (TPSA) is 93.9 Å². The summed E-state index contributed by atoms with van der Waals surface area (Å²) in [4.78, 5) is 12.4. The molecule has 0 bridgehead atoms. The van der Waals surface area contributed by atoms with Crippen molar-refractivity contribution in [3.8, 4) is 0 Å². The molecule has 2 heterocycles. The summed E-state index contributed by atoms with van der Waals surface area (Å²) in [5, 5.41) is 11.0. The number of nitrogens with one attached hydrogen (secondary N) is 1. The van der Waals surface area contributed by atoms with E-state index in [2.05, 4.69) is 22.1 Å². The largest absolute Gasteiger partial charge is 0.325 e. The Morgan fingerprint density at radius 2 is 2.29 bits per heavy atom. The smallest absolute Gasteiger partial charge is 0.237 e. The van der Waals surface area contributed by atoms with E-state index >= 15 is 0 Å². The zero-order valence-corrected chi connectivity index (χ0v) is 17.0. The van der Waals surface area contributed by atoms with E-state index in [0.29, 0.717) is 29.6 Å². The fourth-order valence-electron chi connectivity index (χ4n) is 3.01. The molecule has 0 radical (unpaired) electrons. The van der Waals surface area contributed by atoms with Crippen LogP contribution >= 0.6 is 11.8 Å². The molecule has 1 amide bonds. The molecule has 1 fully saturated rings. The summed E-state index contributed by atoms with van der Waals surface area (Å²) < 4.78 is 38.7. The van der Waals surface area contributed by atoms with Crippen LogP contribution in [-0.4, -0.2) is 45.8 Å². The van der Waals surface area contributed by atoms with Crippen molar-refractivity contribution in [2.75, 3.05) is 16.8 Å². The van der Waals surface area contributed by atoms with E-state index in [0.717, 1.165) is 0 Å². The van der Waals surface area contributed by atoms with E-state index in [1.807, 2.05) is 0 Å². The Kier molecular flexibility index (Phi) is 6.19. The molecular weight excluding hydrogens is 403 g/mol. The highest BCUT2D eigenvalue weighted by molar-refractivity contribution is 8.00. The lowest BCUT2D eigenvalue weighted by Crippen LogP contribution is -2.23. The van der Waals surface area contributed by atoms with Gasteiger partial charge in [0.15, 0.2) is 15.0 Å². The molecule has 7 nitrogen and oxygen atoms in total. The van der Waals surface area contributed by atoms with Gasteiger partial charge in [-0.05, 0) is 31.5 Å². The number of rotatable bonds is 7. The minimum atomic E-state index is -3.05. The van der Waals surface area contributed by atoms with Gasteiger partial charge in [-0.15, -0.1) is 16.8 Å². The summed E-state index contributed by atoms with van der Waals surface area (Å²) in [6, 6.07) is 5.67. The summed E-state index contributed by atoms with van der Waals surface area (Å²) in [6.45, 7) is 5.86. The molecule has 0 saturated carbocycles. The Balaban J connectivity index is 1.74. The summed E-state index contributed by atoms with van der Waals surface area (Å²) >= 11 is 1.21. The van der Waals surface area contributed by atoms with Gasteiger partial charge in [0.25, 0.3) is 0 Å². The molecule has 2 unspecified atom stereocenters. The number of benzene rings is 1. The number of hydrogen-bond donors (Lipinski definition) is 1. The Hall–Kier alpha value is -2.20. The number of carbonyl (C=O) groups is 1. The minimum absolute atomic E-state index is 0.0581. The molecule has 1 aliphatic heterocycles. The number of sulfone groups is 1. The van der Waals surface area contributed by atoms with Gasteiger partial charge in [0, 0.05) is 18.2 Å². The van der Waals surface area contributed by atoms with Gasteiger partial charge in [0.1, 0.15) is 11.6 Å². The number of hydrogen-bond acceptors (Lipinski definition) is 6. The molecule has 1 aromatic heterocycles. The van der Waals surface area contributed by atoms with Gasteiger partial charge in [-0.2, -0.15) is 0 Å². The first-order valence-corrected chi connectivity index (χ1v) is 11.5. The first-order chi connectivity index (χ1) is 13.3. The second-order valence-corrected chi connectivity index (χ2v) is 10.1. The van der Waals surface area contributed by atoms with Gasteiger partial charge in [-0.25, -0.2) is 12.8 Å². The van der Waals surface area contributed by atoms with Gasteiger partial charge >= 0.3 is 0 Å². The average Bonchev–Trinajstić information content (AvgIpc) is 3.18. The number of nitrogens with zero attached hydrogens (tertiary/aromatic N) is 3. The molecule has 0 spiro atoms. The molecule has 1 aromatic carbocycles. The zero-order chi connectivity index (χ0) is 20.3. The van der Waals surface area contributed by atoms with E-state index in [-0.39, 0.29) is 23.3 Å². The van der Waals surface area contributed by atoms with Gasteiger partial charge in [0.2, 0.25) is 5.91 Å². The van der Waals surface area contributed by atoms with Crippen LogP contribution in [0.15, 0.2) is 42.1 Å². The van der Waals surface area contributed by atoms with E-state index < -0.39 is 20.9 Å². The Bertz CT molecular complexity index is 990. The van der Waals surface area contributed by atoms with Crippen molar-refractivity contribution in [2.24, 2.45) is 0 Å². The molecule has 0 aliphatic carbocycles. The standard InChI is InChI=1S/C18H21FN4O3S2/c1-3-8-23-16(13-7-9-28(25,26)11-13)21-22-18(23)27-12(2)17(24)20-15-6-4-5-14(19)10-15/h3-6,10,12-13H,1,7-9,11H2,2H3,(H,20,24). The number of anilines is 1. The van der Waals surface area contributed by atoms with Crippen molar-refractivity contribution in [1.29, 1.82) is 0 Å². The number of halogens is 1. The predicted molar refractivity (Wildman–Crippen MR) is 107 cm³/mol. The van der Waals surface area contributed by atoms with Crippen LogP contribution in [0.2, 0.25) is 0 Å². The summed E-state index contributed by atoms with van der Waals surface area (Å²) in [6.07, 6.45) is 2.19. The van der Waals surface area contributed by atoms with Gasteiger partial charge < -0.3 is 9.88 Å². The van der Waals surface area contributed by atoms with E-state index in [9.17, 15) is 17.6 Å². The first kappa shape index (κ1) is 20.5. The Morgan fingerprint density at radius 3 is 2.93 bits per heavy atom. The molecule has 10 heteroatoms. The van der Waals surface area contributed by atoms with Gasteiger partial charge in [-0.1, -0.05) is 23.9 Å². The fourth-order valence-corrected chi connectivity index (χ4v) is 5.61. The highest BCUT2D eigenvalue weighted by Gasteiger charge is 2.33. The normalized spacial score (nSPS) is 19.3. The van der Waals surface area contributed by atoms with Crippen LogP contribution in [0.4, 0.5) is 10.1 Å². The molecule has 3 rings (SSSR count). The van der Waals surface area contributed by atoms with Crippen LogP contribution in [0.3, 0.4) is 0 Å². The van der Waals surface area contributed by atoms with Crippen molar-refractivity contribution in [3.63, 3.8) is 0 Å². The second-order valence-electron chi connectivity index (χ2n) is 6.60. The molecule has 150 valence electrons. The van der Waals surface area contributed by atoms with Crippen LogP contribution in [0, 0.1) is 5.82 Å². The molecule has 2 atom stereocenters. The van der Waals surface area contributed by atoms with Crippen molar-refractivity contribution in [3.05, 3.63) is 48.6 Å². The highest BCUT2D eigenvalue weighted by atomic mass is 32.2. The lowest BCUT2D eigenvalue weighted by atomic mass is 10.1. The zero-order valence-electron chi connectivity index (χ0n) is 15.3. The Labute approximate surface area is 167 Å². The predicted octanol–water partition coefficient (Wildman–Crippen LogP) is 2.62. The average molecular weight is 425 g/mol. The monoisotopic (exact) mass is 424 g/mol. The third-order valence-electron chi connectivity index (χ3n) is 4.40. The molecule has 2 aromatic rings. The fraction of sp³-hybridized carbons (Fsp3) is 0.389. The van der Waals surface area contributed by atoms with Crippen LogP contribution in [0.5, 0.6) is 0 Å². The van der Waals surface area contributed by atoms with Crippen LogP contribution in [0.25, 0.3) is 0 Å². The molecule has 1 N–H and O–H groups in total. The lowest BCUT2D eigenvalue weighted by Gasteiger charge is -2.14. The van der Waals surface area contributed by atoms with Crippen LogP contribution < -0.4 is 5.32 Å².